The Morgan fingerprint density at radius 3 is 2.93 bits per heavy atom. The molecule has 0 radical (unpaired) electrons. The molecule has 82 valence electrons. The van der Waals surface area contributed by atoms with Gasteiger partial charge in [-0.25, -0.2) is 4.98 Å². The Morgan fingerprint density at radius 1 is 1.67 bits per heavy atom. The maximum absolute atomic E-state index is 11.3. The lowest BCUT2D eigenvalue weighted by Crippen LogP contribution is -2.44. The summed E-state index contributed by atoms with van der Waals surface area (Å²) in [7, 11) is 0. The summed E-state index contributed by atoms with van der Waals surface area (Å²) < 4.78 is 0. The Morgan fingerprint density at radius 2 is 2.40 bits per heavy atom. The molecule has 0 amide bonds. The summed E-state index contributed by atoms with van der Waals surface area (Å²) in [6.45, 7) is 2.13. The Labute approximate surface area is 93.1 Å². The van der Waals surface area contributed by atoms with E-state index in [1.165, 1.54) is 12.7 Å². The van der Waals surface area contributed by atoms with Crippen LogP contribution in [0, 0.1) is 0 Å². The fourth-order valence-electron chi connectivity index (χ4n) is 1.89. The van der Waals surface area contributed by atoms with Crippen LogP contribution in [0.3, 0.4) is 0 Å². The molecule has 0 bridgehead atoms. The minimum atomic E-state index is -0.292. The van der Waals surface area contributed by atoms with Crippen LogP contribution < -0.4 is 10.9 Å². The Hall–Kier alpha value is -1.03. The van der Waals surface area contributed by atoms with Crippen molar-refractivity contribution < 1.29 is 0 Å². The van der Waals surface area contributed by atoms with Gasteiger partial charge in [0.05, 0.1) is 6.33 Å². The summed E-state index contributed by atoms with van der Waals surface area (Å²) in [5.74, 6) is 0.502. The molecule has 0 aliphatic heterocycles. The summed E-state index contributed by atoms with van der Waals surface area (Å²) in [4.78, 5) is 17.7. The lowest BCUT2D eigenvalue weighted by atomic mass is 9.75. The molecule has 0 aromatic carbocycles. The largest absolute Gasteiger partial charge is 0.363 e. The third kappa shape index (κ3) is 1.86. The molecule has 1 aromatic heterocycles. The monoisotopic (exact) mass is 227 g/mol. The molecule has 0 atom stereocenters. The molecular weight excluding hydrogens is 214 g/mol. The van der Waals surface area contributed by atoms with E-state index in [1.54, 1.807) is 0 Å². The van der Waals surface area contributed by atoms with Crippen LogP contribution in [-0.4, -0.2) is 15.5 Å². The zero-order chi connectivity index (χ0) is 10.9. The Kier molecular flexibility index (Phi) is 2.69. The minimum Gasteiger partial charge on any atom is -0.363 e. The van der Waals surface area contributed by atoms with Gasteiger partial charge in [-0.05, 0) is 25.7 Å². The molecule has 1 aliphatic carbocycles. The van der Waals surface area contributed by atoms with E-state index >= 15 is 0 Å². The number of hydrogen-bond donors (Lipinski definition) is 2. The molecule has 1 heterocycles. The number of rotatable bonds is 3. The number of nitrogens with zero attached hydrogens (tertiary/aromatic N) is 1. The first kappa shape index (κ1) is 10.5. The molecule has 0 saturated heterocycles. The topological polar surface area (TPSA) is 57.8 Å². The average molecular weight is 228 g/mol. The number of H-pyrrole nitrogens is 1. The zero-order valence-electron chi connectivity index (χ0n) is 8.64. The first-order valence-electron chi connectivity index (χ1n) is 5.18. The van der Waals surface area contributed by atoms with Gasteiger partial charge < -0.3 is 10.3 Å². The SMILES string of the molecule is CCC1(Nc2nc[nH]c(=O)c2Cl)CCC1. The number of aromatic nitrogens is 2. The second-order valence-corrected chi connectivity index (χ2v) is 4.38. The number of nitrogens with one attached hydrogen (secondary N) is 2. The van der Waals surface area contributed by atoms with Crippen LogP contribution in [0.5, 0.6) is 0 Å². The number of hydrogen-bond acceptors (Lipinski definition) is 3. The molecule has 15 heavy (non-hydrogen) atoms. The van der Waals surface area contributed by atoms with E-state index in [2.05, 4.69) is 22.2 Å². The summed E-state index contributed by atoms with van der Waals surface area (Å²) in [6.07, 6.45) is 5.86. The third-order valence-electron chi connectivity index (χ3n) is 3.17. The van der Waals surface area contributed by atoms with E-state index in [0.717, 1.165) is 19.3 Å². The van der Waals surface area contributed by atoms with Crippen molar-refractivity contribution in [3.05, 3.63) is 21.7 Å². The van der Waals surface area contributed by atoms with Gasteiger partial charge in [-0.1, -0.05) is 18.5 Å². The maximum atomic E-state index is 11.3. The second-order valence-electron chi connectivity index (χ2n) is 4.01. The predicted molar refractivity (Wildman–Crippen MR) is 60.4 cm³/mol. The van der Waals surface area contributed by atoms with Crippen LogP contribution >= 0.6 is 11.6 Å². The summed E-state index contributed by atoms with van der Waals surface area (Å²) in [6, 6.07) is 0. The molecule has 2 rings (SSSR count). The molecule has 4 nitrogen and oxygen atoms in total. The van der Waals surface area contributed by atoms with Crippen molar-refractivity contribution in [2.75, 3.05) is 5.32 Å². The molecule has 2 N–H and O–H groups in total. The van der Waals surface area contributed by atoms with E-state index in [4.69, 9.17) is 11.6 Å². The van der Waals surface area contributed by atoms with Crippen molar-refractivity contribution in [3.63, 3.8) is 0 Å². The van der Waals surface area contributed by atoms with E-state index in [-0.39, 0.29) is 16.1 Å². The van der Waals surface area contributed by atoms with Gasteiger partial charge in [0, 0.05) is 5.54 Å². The smallest absolute Gasteiger partial charge is 0.271 e. The average Bonchev–Trinajstić information content (AvgIpc) is 2.18. The highest BCUT2D eigenvalue weighted by Crippen LogP contribution is 2.38. The second kappa shape index (κ2) is 3.85. The van der Waals surface area contributed by atoms with Gasteiger partial charge in [0.25, 0.3) is 5.56 Å². The van der Waals surface area contributed by atoms with Crippen LogP contribution in [0.4, 0.5) is 5.82 Å². The lowest BCUT2D eigenvalue weighted by molar-refractivity contribution is 0.269. The lowest BCUT2D eigenvalue weighted by Gasteiger charge is -2.42. The Balaban J connectivity index is 2.24. The van der Waals surface area contributed by atoms with Gasteiger partial charge in [-0.2, -0.15) is 0 Å². The van der Waals surface area contributed by atoms with Crippen molar-refractivity contribution >= 4 is 17.4 Å². The molecule has 1 aliphatic rings. The third-order valence-corrected chi connectivity index (χ3v) is 3.52. The van der Waals surface area contributed by atoms with E-state index < -0.39 is 0 Å². The van der Waals surface area contributed by atoms with Crippen molar-refractivity contribution in [1.82, 2.24) is 9.97 Å². The zero-order valence-corrected chi connectivity index (χ0v) is 9.40. The van der Waals surface area contributed by atoms with Gasteiger partial charge in [0.15, 0.2) is 5.82 Å². The molecule has 5 heteroatoms. The molecule has 1 aromatic rings. The van der Waals surface area contributed by atoms with Gasteiger partial charge in [0.1, 0.15) is 5.02 Å². The van der Waals surface area contributed by atoms with Crippen molar-refractivity contribution in [2.45, 2.75) is 38.1 Å². The van der Waals surface area contributed by atoms with Crippen LogP contribution in [0.2, 0.25) is 5.02 Å². The molecular formula is C10H14ClN3O. The first-order valence-corrected chi connectivity index (χ1v) is 5.56. The van der Waals surface area contributed by atoms with Crippen LogP contribution in [-0.2, 0) is 0 Å². The molecule has 1 saturated carbocycles. The molecule has 1 fully saturated rings. The quantitative estimate of drug-likeness (QED) is 0.832. The number of halogens is 1. The predicted octanol–water partition coefficient (Wildman–Crippen LogP) is 2.17. The van der Waals surface area contributed by atoms with E-state index in [1.807, 2.05) is 0 Å². The molecule has 0 unspecified atom stereocenters. The highest BCUT2D eigenvalue weighted by atomic mass is 35.5. The van der Waals surface area contributed by atoms with Crippen molar-refractivity contribution in [2.24, 2.45) is 0 Å². The summed E-state index contributed by atoms with van der Waals surface area (Å²) in [5.41, 5.74) is -0.190. The number of aromatic amines is 1. The highest BCUT2D eigenvalue weighted by Gasteiger charge is 2.35. The highest BCUT2D eigenvalue weighted by molar-refractivity contribution is 6.32. The van der Waals surface area contributed by atoms with Crippen molar-refractivity contribution in [3.8, 4) is 0 Å². The summed E-state index contributed by atoms with van der Waals surface area (Å²) in [5, 5.41) is 3.44. The van der Waals surface area contributed by atoms with Gasteiger partial charge in [-0.3, -0.25) is 4.79 Å². The minimum absolute atomic E-state index is 0.102. The maximum Gasteiger partial charge on any atom is 0.271 e. The van der Waals surface area contributed by atoms with Gasteiger partial charge in [-0.15, -0.1) is 0 Å². The Bertz CT molecular complexity index is 406. The van der Waals surface area contributed by atoms with E-state index in [0.29, 0.717) is 5.82 Å². The molecule has 0 spiro atoms. The van der Waals surface area contributed by atoms with E-state index in [9.17, 15) is 4.79 Å². The van der Waals surface area contributed by atoms with Gasteiger partial charge in [0.2, 0.25) is 0 Å². The van der Waals surface area contributed by atoms with Crippen LogP contribution in [0.25, 0.3) is 0 Å². The fraction of sp³-hybridized carbons (Fsp3) is 0.600. The first-order chi connectivity index (χ1) is 7.17. The summed E-state index contributed by atoms with van der Waals surface area (Å²) >= 11 is 5.87. The standard InChI is InChI=1S/C10H14ClN3O/c1-2-10(4-3-5-10)14-8-7(11)9(15)13-6-12-8/h6H,2-5H2,1H3,(H2,12,13,14,15). The van der Waals surface area contributed by atoms with Crippen LogP contribution in [0.1, 0.15) is 32.6 Å². The van der Waals surface area contributed by atoms with Crippen LogP contribution in [0.15, 0.2) is 11.1 Å². The van der Waals surface area contributed by atoms with Crippen molar-refractivity contribution in [1.29, 1.82) is 0 Å². The number of anilines is 1. The fourth-order valence-corrected chi connectivity index (χ4v) is 2.04. The van der Waals surface area contributed by atoms with Gasteiger partial charge >= 0.3 is 0 Å². The normalized spacial score (nSPS) is 18.3.